The van der Waals surface area contributed by atoms with Crippen molar-refractivity contribution in [2.24, 2.45) is 7.05 Å². The van der Waals surface area contributed by atoms with E-state index in [2.05, 4.69) is 24.9 Å². The number of rotatable bonds is 4. The van der Waals surface area contributed by atoms with Gasteiger partial charge in [0.2, 0.25) is 0 Å². The lowest BCUT2D eigenvalue weighted by atomic mass is 10.1. The van der Waals surface area contributed by atoms with E-state index in [1.165, 1.54) is 0 Å². The Morgan fingerprint density at radius 2 is 1.93 bits per heavy atom. The number of nitrogens with zero attached hydrogens (tertiary/aromatic N) is 6. The fourth-order valence-corrected chi connectivity index (χ4v) is 4.07. The number of hydrogen-bond acceptors (Lipinski definition) is 7. The molecule has 0 N–H and O–H groups in total. The summed E-state index contributed by atoms with van der Waals surface area (Å²) in [5.74, 6) is 0.423. The fraction of sp³-hybridized carbons (Fsp3) is 0.400. The monoisotopic (exact) mass is 414 g/mol. The Morgan fingerprint density at radius 3 is 2.62 bits per heavy atom. The van der Waals surface area contributed by atoms with Crippen LogP contribution in [0.25, 0.3) is 11.0 Å². The Labute approximate surface area is 174 Å². The van der Waals surface area contributed by atoms with E-state index < -0.39 is 0 Å². The molecule has 29 heavy (non-hydrogen) atoms. The first-order chi connectivity index (χ1) is 14.0. The molecule has 0 atom stereocenters. The van der Waals surface area contributed by atoms with Crippen LogP contribution < -0.4 is 9.80 Å². The summed E-state index contributed by atoms with van der Waals surface area (Å²) in [5, 5.41) is 6.04. The molecule has 1 aliphatic rings. The van der Waals surface area contributed by atoms with Gasteiger partial charge in [0.25, 0.3) is 0 Å². The van der Waals surface area contributed by atoms with Gasteiger partial charge < -0.3 is 14.5 Å². The van der Waals surface area contributed by atoms with Gasteiger partial charge in [0, 0.05) is 45.6 Å². The minimum atomic E-state index is -0.365. The molecule has 1 aliphatic heterocycles. The minimum Gasteiger partial charge on any atom is -0.462 e. The van der Waals surface area contributed by atoms with Gasteiger partial charge in [-0.25, -0.2) is 14.8 Å². The normalized spacial score (nSPS) is 14.5. The van der Waals surface area contributed by atoms with Gasteiger partial charge in [-0.05, 0) is 26.0 Å². The quantitative estimate of drug-likeness (QED) is 0.607. The first-order valence-corrected chi connectivity index (χ1v) is 9.99. The first-order valence-electron chi connectivity index (χ1n) is 9.61. The Balaban J connectivity index is 1.71. The Bertz CT molecular complexity index is 1060. The first kappa shape index (κ1) is 19.4. The SMILES string of the molecule is CCOC(=O)c1cnc2c(c(C)nn2C)c1N1CCN(c2ncccc2Cl)CC1. The molecule has 0 amide bonds. The number of pyridine rings is 2. The molecule has 152 valence electrons. The molecule has 0 spiro atoms. The lowest BCUT2D eigenvalue weighted by Crippen LogP contribution is -2.47. The van der Waals surface area contributed by atoms with Gasteiger partial charge in [0.05, 0.1) is 28.4 Å². The van der Waals surface area contributed by atoms with Crippen molar-refractivity contribution in [3.63, 3.8) is 0 Å². The van der Waals surface area contributed by atoms with Gasteiger partial charge in [-0.2, -0.15) is 5.10 Å². The number of halogens is 1. The van der Waals surface area contributed by atoms with Gasteiger partial charge in [-0.15, -0.1) is 0 Å². The van der Waals surface area contributed by atoms with Crippen LogP contribution in [0, 0.1) is 6.92 Å². The van der Waals surface area contributed by atoms with E-state index in [0.29, 0.717) is 30.3 Å². The molecule has 3 aromatic heterocycles. The van der Waals surface area contributed by atoms with Crippen LogP contribution in [-0.4, -0.2) is 58.5 Å². The molecule has 4 heterocycles. The molecule has 4 rings (SSSR count). The van der Waals surface area contributed by atoms with Crippen LogP contribution in [0.4, 0.5) is 11.5 Å². The fourth-order valence-electron chi connectivity index (χ4n) is 3.83. The number of fused-ring (bicyclic) bond motifs is 1. The van der Waals surface area contributed by atoms with Crippen molar-refractivity contribution >= 4 is 40.1 Å². The number of piperazine rings is 1. The number of aryl methyl sites for hydroxylation is 2. The van der Waals surface area contributed by atoms with E-state index in [-0.39, 0.29) is 5.97 Å². The van der Waals surface area contributed by atoms with E-state index >= 15 is 0 Å². The second-order valence-electron chi connectivity index (χ2n) is 6.93. The summed E-state index contributed by atoms with van der Waals surface area (Å²) in [6, 6.07) is 3.67. The van der Waals surface area contributed by atoms with Gasteiger partial charge in [0.15, 0.2) is 5.65 Å². The maximum atomic E-state index is 12.6. The summed E-state index contributed by atoms with van der Waals surface area (Å²) in [4.78, 5) is 25.9. The van der Waals surface area contributed by atoms with E-state index in [4.69, 9.17) is 16.3 Å². The molecule has 0 saturated carbocycles. The molecular weight excluding hydrogens is 392 g/mol. The van der Waals surface area contributed by atoms with Crippen LogP contribution >= 0.6 is 11.6 Å². The highest BCUT2D eigenvalue weighted by Crippen LogP contribution is 2.34. The smallest absolute Gasteiger partial charge is 0.341 e. The molecule has 3 aromatic rings. The highest BCUT2D eigenvalue weighted by atomic mass is 35.5. The number of ether oxygens (including phenoxy) is 1. The summed E-state index contributed by atoms with van der Waals surface area (Å²) in [6.07, 6.45) is 3.34. The Morgan fingerprint density at radius 1 is 1.21 bits per heavy atom. The number of carbonyl (C=O) groups is 1. The summed E-state index contributed by atoms with van der Waals surface area (Å²) in [5.41, 5.74) is 2.90. The number of aromatic nitrogens is 4. The second kappa shape index (κ2) is 7.87. The van der Waals surface area contributed by atoms with Crippen molar-refractivity contribution < 1.29 is 9.53 Å². The van der Waals surface area contributed by atoms with Gasteiger partial charge >= 0.3 is 5.97 Å². The third-order valence-electron chi connectivity index (χ3n) is 5.13. The molecule has 0 unspecified atom stereocenters. The van der Waals surface area contributed by atoms with Crippen LogP contribution in [0.1, 0.15) is 23.0 Å². The van der Waals surface area contributed by atoms with Crippen molar-refractivity contribution in [2.75, 3.05) is 42.6 Å². The van der Waals surface area contributed by atoms with E-state index in [1.54, 1.807) is 24.0 Å². The summed E-state index contributed by atoms with van der Waals surface area (Å²) in [7, 11) is 1.86. The lowest BCUT2D eigenvalue weighted by Gasteiger charge is -2.37. The molecule has 1 fully saturated rings. The largest absolute Gasteiger partial charge is 0.462 e. The number of carbonyl (C=O) groups excluding carboxylic acids is 1. The molecule has 9 heteroatoms. The van der Waals surface area contributed by atoms with E-state index in [1.807, 2.05) is 26.1 Å². The predicted octanol–water partition coefficient (Wildman–Crippen LogP) is 2.83. The summed E-state index contributed by atoms with van der Waals surface area (Å²) >= 11 is 6.32. The van der Waals surface area contributed by atoms with Crippen molar-refractivity contribution in [3.8, 4) is 0 Å². The number of anilines is 2. The molecule has 0 bridgehead atoms. The van der Waals surface area contributed by atoms with Gasteiger partial charge in [-0.1, -0.05) is 11.6 Å². The average Bonchev–Trinajstić information content (AvgIpc) is 3.02. The maximum absolute atomic E-state index is 12.6. The van der Waals surface area contributed by atoms with Crippen LogP contribution in [0.15, 0.2) is 24.5 Å². The Hall–Kier alpha value is -2.87. The predicted molar refractivity (Wildman–Crippen MR) is 113 cm³/mol. The van der Waals surface area contributed by atoms with Crippen molar-refractivity contribution in [2.45, 2.75) is 13.8 Å². The van der Waals surface area contributed by atoms with Crippen LogP contribution in [0.3, 0.4) is 0 Å². The lowest BCUT2D eigenvalue weighted by molar-refractivity contribution is 0.0527. The highest BCUT2D eigenvalue weighted by Gasteiger charge is 2.28. The van der Waals surface area contributed by atoms with Crippen molar-refractivity contribution in [1.82, 2.24) is 19.7 Å². The number of hydrogen-bond donors (Lipinski definition) is 0. The number of esters is 1. The minimum absolute atomic E-state index is 0.314. The summed E-state index contributed by atoms with van der Waals surface area (Å²) < 4.78 is 7.03. The molecule has 0 aromatic carbocycles. The highest BCUT2D eigenvalue weighted by molar-refractivity contribution is 6.32. The third kappa shape index (κ3) is 3.48. The maximum Gasteiger partial charge on any atom is 0.341 e. The molecule has 1 saturated heterocycles. The molecule has 0 radical (unpaired) electrons. The topological polar surface area (TPSA) is 76.4 Å². The van der Waals surface area contributed by atoms with Crippen LogP contribution in [0.5, 0.6) is 0 Å². The zero-order chi connectivity index (χ0) is 20.5. The van der Waals surface area contributed by atoms with E-state index in [0.717, 1.165) is 41.3 Å². The standard InChI is InChI=1S/C20H23ClN6O2/c1-4-29-20(28)14-12-23-19-16(13(2)24-25(19)3)17(14)26-8-10-27(11-9-26)18-15(21)6-5-7-22-18/h5-7,12H,4,8-11H2,1-3H3. The molecular formula is C20H23ClN6O2. The van der Waals surface area contributed by atoms with Crippen LogP contribution in [-0.2, 0) is 11.8 Å². The zero-order valence-corrected chi connectivity index (χ0v) is 17.5. The van der Waals surface area contributed by atoms with Crippen LogP contribution in [0.2, 0.25) is 5.02 Å². The zero-order valence-electron chi connectivity index (χ0n) is 16.7. The molecule has 8 nitrogen and oxygen atoms in total. The second-order valence-corrected chi connectivity index (χ2v) is 7.34. The van der Waals surface area contributed by atoms with Crippen molar-refractivity contribution in [1.29, 1.82) is 0 Å². The van der Waals surface area contributed by atoms with Gasteiger partial charge in [-0.3, -0.25) is 4.68 Å². The van der Waals surface area contributed by atoms with E-state index in [9.17, 15) is 4.79 Å². The van der Waals surface area contributed by atoms with Crippen molar-refractivity contribution in [3.05, 3.63) is 40.8 Å². The van der Waals surface area contributed by atoms with Gasteiger partial charge in [0.1, 0.15) is 11.4 Å². The Kier molecular flexibility index (Phi) is 5.27. The molecule has 0 aliphatic carbocycles. The average molecular weight is 415 g/mol. The summed E-state index contributed by atoms with van der Waals surface area (Å²) in [6.45, 7) is 6.96. The third-order valence-corrected chi connectivity index (χ3v) is 5.42.